The molecule has 72 heavy (non-hydrogen) atoms. The van der Waals surface area contributed by atoms with Crippen LogP contribution in [-0.2, 0) is 29.4 Å². The minimum atomic E-state index is -0.707. The number of likely N-dealkylation sites (tertiary alicyclic amines) is 3. The second-order valence-electron chi connectivity index (χ2n) is 22.9. The Labute approximate surface area is 423 Å². The zero-order valence-corrected chi connectivity index (χ0v) is 42.9. The van der Waals surface area contributed by atoms with E-state index in [0.717, 1.165) is 83.7 Å². The molecule has 1 unspecified atom stereocenters. The Kier molecular flexibility index (Phi) is 12.9. The SMILES string of the molecule is CC(C)Oc1nc(-c2ccc3c(c2)N([C@H]2C[C@@H](N4CCCCC4)C2)C(=O)C32CCN(C(=O)C3(C)CCN(C(=O)C4CCN(c5ccc(C6CCC(=O)NC6=O)cn5)CC4)CC3)CC2)cc2ncn(C(C)C)c12. The first-order valence-corrected chi connectivity index (χ1v) is 27.1. The number of imidazole rings is 1. The molecule has 382 valence electrons. The predicted molar refractivity (Wildman–Crippen MR) is 275 cm³/mol. The van der Waals surface area contributed by atoms with Gasteiger partial charge >= 0.3 is 0 Å². The van der Waals surface area contributed by atoms with Crippen molar-refractivity contribution >= 4 is 52.1 Å². The molecule has 5 saturated heterocycles. The quantitative estimate of drug-likeness (QED) is 0.161. The van der Waals surface area contributed by atoms with Crippen LogP contribution < -0.4 is 19.9 Å². The Morgan fingerprint density at radius 1 is 0.792 bits per heavy atom. The fourth-order valence-corrected chi connectivity index (χ4v) is 13.1. The van der Waals surface area contributed by atoms with Crippen molar-refractivity contribution in [2.45, 2.75) is 154 Å². The van der Waals surface area contributed by atoms with Gasteiger partial charge in [-0.15, -0.1) is 0 Å². The van der Waals surface area contributed by atoms with E-state index in [-0.39, 0.29) is 59.6 Å². The molecule has 7 aliphatic rings. The van der Waals surface area contributed by atoms with Crippen molar-refractivity contribution in [3.8, 4) is 17.1 Å². The number of carbonyl (C=O) groups is 5. The average molecular weight is 981 g/mol. The minimum absolute atomic E-state index is 0.0733. The maximum Gasteiger partial charge on any atom is 0.241 e. The summed E-state index contributed by atoms with van der Waals surface area (Å²) in [5, 5.41) is 2.43. The molecule has 9 heterocycles. The van der Waals surface area contributed by atoms with Crippen LogP contribution in [0.15, 0.2) is 48.9 Å². The lowest BCUT2D eigenvalue weighted by Crippen LogP contribution is -2.59. The number of amides is 5. The number of nitrogens with one attached hydrogen (secondary N) is 1. The van der Waals surface area contributed by atoms with E-state index in [0.29, 0.717) is 89.7 Å². The molecular formula is C56H72N10O6. The van der Waals surface area contributed by atoms with E-state index in [1.165, 1.54) is 19.3 Å². The van der Waals surface area contributed by atoms with Crippen LogP contribution in [0.4, 0.5) is 11.5 Å². The third-order valence-electron chi connectivity index (χ3n) is 17.7. The number of benzene rings is 1. The lowest BCUT2D eigenvalue weighted by molar-refractivity contribution is -0.150. The molecule has 6 fully saturated rings. The van der Waals surface area contributed by atoms with Gasteiger partial charge in [0.15, 0.2) is 0 Å². The van der Waals surface area contributed by atoms with Crippen LogP contribution >= 0.6 is 0 Å². The maximum atomic E-state index is 15.3. The molecule has 1 N–H and O–H groups in total. The molecule has 1 aromatic carbocycles. The second-order valence-corrected chi connectivity index (χ2v) is 22.9. The van der Waals surface area contributed by atoms with Gasteiger partial charge in [0.25, 0.3) is 0 Å². The van der Waals surface area contributed by atoms with Gasteiger partial charge in [-0.1, -0.05) is 31.5 Å². The molecule has 16 heteroatoms. The number of ether oxygens (including phenoxy) is 1. The van der Waals surface area contributed by atoms with E-state index in [1.807, 2.05) is 48.2 Å². The van der Waals surface area contributed by atoms with E-state index < -0.39 is 10.8 Å². The molecule has 5 amide bonds. The summed E-state index contributed by atoms with van der Waals surface area (Å²) in [6.45, 7) is 16.2. The molecule has 16 nitrogen and oxygen atoms in total. The van der Waals surface area contributed by atoms with E-state index >= 15 is 4.79 Å². The van der Waals surface area contributed by atoms with Crippen molar-refractivity contribution in [2.75, 3.05) is 62.2 Å². The van der Waals surface area contributed by atoms with Gasteiger partial charge in [-0.2, -0.15) is 0 Å². The summed E-state index contributed by atoms with van der Waals surface area (Å²) >= 11 is 0. The monoisotopic (exact) mass is 981 g/mol. The van der Waals surface area contributed by atoms with Crippen LogP contribution in [0.5, 0.6) is 5.88 Å². The second kappa shape index (κ2) is 19.2. The van der Waals surface area contributed by atoms with Crippen molar-refractivity contribution in [3.05, 3.63) is 60.0 Å². The van der Waals surface area contributed by atoms with Crippen molar-refractivity contribution in [2.24, 2.45) is 11.3 Å². The number of pyridine rings is 2. The highest BCUT2D eigenvalue weighted by Gasteiger charge is 2.56. The number of fused-ring (bicyclic) bond motifs is 3. The summed E-state index contributed by atoms with van der Waals surface area (Å²) in [5.41, 5.74) is 4.96. The highest BCUT2D eigenvalue weighted by atomic mass is 16.5. The number of hydrogen-bond acceptors (Lipinski definition) is 11. The van der Waals surface area contributed by atoms with Gasteiger partial charge in [-0.3, -0.25) is 29.3 Å². The smallest absolute Gasteiger partial charge is 0.241 e. The predicted octanol–water partition coefficient (Wildman–Crippen LogP) is 7.15. The van der Waals surface area contributed by atoms with Crippen LogP contribution in [0.1, 0.15) is 141 Å². The Morgan fingerprint density at radius 2 is 1.51 bits per heavy atom. The van der Waals surface area contributed by atoms with Crippen LogP contribution in [-0.4, -0.2) is 134 Å². The molecule has 0 bridgehead atoms. The summed E-state index contributed by atoms with van der Waals surface area (Å²) in [7, 11) is 0. The van der Waals surface area contributed by atoms with Gasteiger partial charge in [0.05, 0.1) is 35.0 Å². The number of aromatic nitrogens is 4. The molecule has 0 radical (unpaired) electrons. The Bertz CT molecular complexity index is 2730. The first kappa shape index (κ1) is 48.4. The van der Waals surface area contributed by atoms with Crippen LogP contribution in [0, 0.1) is 11.3 Å². The molecule has 6 aliphatic heterocycles. The van der Waals surface area contributed by atoms with Crippen LogP contribution in [0.2, 0.25) is 0 Å². The van der Waals surface area contributed by atoms with Gasteiger partial charge in [-0.25, -0.2) is 15.0 Å². The molecule has 11 rings (SSSR count). The fourth-order valence-electron chi connectivity index (χ4n) is 13.1. The van der Waals surface area contributed by atoms with Gasteiger partial charge in [0, 0.05) is 92.6 Å². The molecule has 3 aromatic heterocycles. The molecule has 4 aromatic rings. The molecule has 1 spiro atoms. The number of piperidine rings is 5. The van der Waals surface area contributed by atoms with Gasteiger partial charge in [-0.05, 0) is 141 Å². The van der Waals surface area contributed by atoms with Gasteiger partial charge in [0.2, 0.25) is 35.4 Å². The third kappa shape index (κ3) is 8.72. The number of rotatable bonds is 10. The van der Waals surface area contributed by atoms with E-state index in [9.17, 15) is 19.2 Å². The summed E-state index contributed by atoms with van der Waals surface area (Å²) in [4.78, 5) is 93.3. The van der Waals surface area contributed by atoms with Gasteiger partial charge < -0.3 is 33.8 Å². The number of nitrogens with zero attached hydrogens (tertiary/aromatic N) is 9. The summed E-state index contributed by atoms with van der Waals surface area (Å²) in [6, 6.07) is 13.2. The van der Waals surface area contributed by atoms with Crippen molar-refractivity contribution in [1.29, 1.82) is 0 Å². The minimum Gasteiger partial charge on any atom is -0.473 e. The van der Waals surface area contributed by atoms with E-state index in [1.54, 1.807) is 6.20 Å². The standard InChI is InChI=1S/C56H72N10O6/c1-35(2)65-34-58-45-32-44(59-51(49(45)65)72-36(3)4)38-9-12-43-46(29-38)66(41-30-40(31-41)61-21-7-6-8-22-61)54(71)56(43)19-27-64(28-20-56)53(70)55(5)17-25-63(26-18-55)52(69)37-15-23-62(24-16-37)47-13-10-39(33-57-47)42-11-14-48(67)60-50(42)68/h9-10,12-13,29,32-37,40-42H,6-8,11,14-28,30-31H2,1-5H3,(H,60,67,68)/t40-,41+,42?. The van der Waals surface area contributed by atoms with Crippen LogP contribution in [0.25, 0.3) is 22.3 Å². The Hall–Kier alpha value is -5.90. The van der Waals surface area contributed by atoms with Crippen molar-refractivity contribution in [3.63, 3.8) is 0 Å². The summed E-state index contributed by atoms with van der Waals surface area (Å²) < 4.78 is 8.45. The zero-order chi connectivity index (χ0) is 50.1. The fraction of sp³-hybridized carbons (Fsp3) is 0.607. The number of hydrogen-bond donors (Lipinski definition) is 1. The van der Waals surface area contributed by atoms with E-state index in [2.05, 4.69) is 68.5 Å². The number of anilines is 2. The largest absolute Gasteiger partial charge is 0.473 e. The normalized spacial score (nSPS) is 24.8. The molecule has 1 atom stereocenters. The summed E-state index contributed by atoms with van der Waals surface area (Å²) in [5.74, 6) is 0.921. The Morgan fingerprint density at radius 3 is 2.18 bits per heavy atom. The first-order valence-electron chi connectivity index (χ1n) is 27.1. The molecule has 1 aliphatic carbocycles. The highest BCUT2D eigenvalue weighted by molar-refractivity contribution is 6.09. The lowest BCUT2D eigenvalue weighted by Gasteiger charge is -2.48. The number of imide groups is 1. The van der Waals surface area contributed by atoms with Crippen molar-refractivity contribution in [1.82, 2.24) is 39.5 Å². The summed E-state index contributed by atoms with van der Waals surface area (Å²) in [6.07, 6.45) is 13.9. The van der Waals surface area contributed by atoms with E-state index in [4.69, 9.17) is 14.7 Å². The number of carbonyl (C=O) groups excluding carboxylic acids is 5. The van der Waals surface area contributed by atoms with Gasteiger partial charge in [0.1, 0.15) is 11.3 Å². The maximum absolute atomic E-state index is 15.3. The first-order chi connectivity index (χ1) is 34.7. The molecule has 1 saturated carbocycles. The third-order valence-corrected chi connectivity index (χ3v) is 17.7. The molecular weight excluding hydrogens is 909 g/mol. The van der Waals surface area contributed by atoms with Crippen LogP contribution in [0.3, 0.4) is 0 Å². The topological polar surface area (TPSA) is 166 Å². The lowest BCUT2D eigenvalue weighted by atomic mass is 9.72. The zero-order valence-electron chi connectivity index (χ0n) is 42.9. The van der Waals surface area contributed by atoms with Crippen molar-refractivity contribution < 1.29 is 28.7 Å². The average Bonchev–Trinajstić information content (AvgIpc) is 3.91. The Balaban J connectivity index is 0.748. The highest BCUT2D eigenvalue weighted by Crippen LogP contribution is 2.53.